The van der Waals surface area contributed by atoms with Crippen LogP contribution in [0, 0.1) is 29.6 Å². The highest BCUT2D eigenvalue weighted by atomic mass is 16.3. The summed E-state index contributed by atoms with van der Waals surface area (Å²) in [5, 5.41) is 9.45. The summed E-state index contributed by atoms with van der Waals surface area (Å²) in [6.07, 6.45) is -0.138. The third kappa shape index (κ3) is 1.66. The molecule has 0 heterocycles. The van der Waals surface area contributed by atoms with E-state index < -0.39 is 0 Å². The Morgan fingerprint density at radius 3 is 1.75 bits per heavy atom. The summed E-state index contributed by atoms with van der Waals surface area (Å²) in [6.45, 7) is 11.0. The van der Waals surface area contributed by atoms with Gasteiger partial charge in [-0.05, 0) is 36.5 Å². The van der Waals surface area contributed by atoms with Gasteiger partial charge in [-0.1, -0.05) is 27.7 Å². The Labute approximate surface area is 76.2 Å². The van der Waals surface area contributed by atoms with Gasteiger partial charge in [0.05, 0.1) is 6.10 Å². The highest BCUT2D eigenvalue weighted by Gasteiger charge is 2.51. The molecule has 0 aromatic rings. The molecule has 72 valence electrons. The van der Waals surface area contributed by atoms with Gasteiger partial charge in [0.15, 0.2) is 0 Å². The first-order valence-electron chi connectivity index (χ1n) is 5.14. The van der Waals surface area contributed by atoms with E-state index in [1.54, 1.807) is 0 Å². The second kappa shape index (κ2) is 3.37. The number of aliphatic hydroxyl groups excluding tert-OH is 1. The maximum Gasteiger partial charge on any atom is 0.0540 e. The average molecular weight is 170 g/mol. The van der Waals surface area contributed by atoms with E-state index in [0.717, 1.165) is 23.7 Å². The third-order valence-corrected chi connectivity index (χ3v) is 3.66. The van der Waals surface area contributed by atoms with Crippen molar-refractivity contribution >= 4 is 0 Å². The first-order valence-corrected chi connectivity index (χ1v) is 5.14. The normalized spacial score (nSPS) is 39.8. The van der Waals surface area contributed by atoms with Gasteiger partial charge in [0.1, 0.15) is 0 Å². The van der Waals surface area contributed by atoms with Crippen molar-refractivity contribution in [2.45, 2.75) is 40.7 Å². The van der Waals surface area contributed by atoms with Crippen molar-refractivity contribution in [3.8, 4) is 0 Å². The molecule has 0 spiro atoms. The van der Waals surface area contributed by atoms with Gasteiger partial charge in [-0.15, -0.1) is 0 Å². The summed E-state index contributed by atoms with van der Waals surface area (Å²) < 4.78 is 0. The van der Waals surface area contributed by atoms with Crippen molar-refractivity contribution in [1.82, 2.24) is 0 Å². The zero-order chi connectivity index (χ0) is 9.46. The number of rotatable bonds is 3. The molecule has 0 aromatic carbocycles. The molecule has 1 fully saturated rings. The monoisotopic (exact) mass is 170 g/mol. The lowest BCUT2D eigenvalue weighted by molar-refractivity contribution is 0.116. The number of aliphatic hydroxyl groups is 1. The minimum Gasteiger partial charge on any atom is -0.393 e. The minimum absolute atomic E-state index is 0.138. The SMILES string of the molecule is CC(C)C1C(C)C1C(C)C(C)O. The molecule has 1 nitrogen and oxygen atoms in total. The fourth-order valence-corrected chi connectivity index (χ4v) is 2.73. The van der Waals surface area contributed by atoms with E-state index in [4.69, 9.17) is 0 Å². The summed E-state index contributed by atoms with van der Waals surface area (Å²) in [5.41, 5.74) is 0. The van der Waals surface area contributed by atoms with Gasteiger partial charge in [-0.25, -0.2) is 0 Å². The number of hydrogen-bond donors (Lipinski definition) is 1. The predicted octanol–water partition coefficient (Wildman–Crippen LogP) is 2.54. The van der Waals surface area contributed by atoms with Crippen LogP contribution in [0.25, 0.3) is 0 Å². The van der Waals surface area contributed by atoms with Gasteiger partial charge in [-0.2, -0.15) is 0 Å². The lowest BCUT2D eigenvalue weighted by Crippen LogP contribution is -2.17. The first-order chi connectivity index (χ1) is 5.46. The largest absolute Gasteiger partial charge is 0.393 e. The molecule has 1 heteroatoms. The molecule has 0 aromatic heterocycles. The van der Waals surface area contributed by atoms with E-state index in [0.29, 0.717) is 5.92 Å². The van der Waals surface area contributed by atoms with E-state index in [2.05, 4.69) is 27.7 Å². The molecule has 1 rings (SSSR count). The Morgan fingerprint density at radius 1 is 1.00 bits per heavy atom. The molecule has 12 heavy (non-hydrogen) atoms. The lowest BCUT2D eigenvalue weighted by Gasteiger charge is -2.15. The quantitative estimate of drug-likeness (QED) is 0.690. The standard InChI is InChI=1S/C11H22O/c1-6(2)10-8(4)11(10)7(3)9(5)12/h6-12H,1-5H3. The molecule has 1 aliphatic carbocycles. The third-order valence-electron chi connectivity index (χ3n) is 3.66. The summed E-state index contributed by atoms with van der Waals surface area (Å²) >= 11 is 0. The van der Waals surface area contributed by atoms with E-state index in [9.17, 15) is 5.11 Å². The molecule has 5 unspecified atom stereocenters. The van der Waals surface area contributed by atoms with Crippen molar-refractivity contribution in [3.05, 3.63) is 0 Å². The van der Waals surface area contributed by atoms with Crippen molar-refractivity contribution in [3.63, 3.8) is 0 Å². The van der Waals surface area contributed by atoms with Crippen molar-refractivity contribution < 1.29 is 5.11 Å². The van der Waals surface area contributed by atoms with E-state index in [1.165, 1.54) is 0 Å². The van der Waals surface area contributed by atoms with Gasteiger partial charge in [0.2, 0.25) is 0 Å². The molecule has 1 saturated carbocycles. The van der Waals surface area contributed by atoms with Gasteiger partial charge in [-0.3, -0.25) is 0 Å². The van der Waals surface area contributed by atoms with Crippen molar-refractivity contribution in [2.24, 2.45) is 29.6 Å². The zero-order valence-corrected chi connectivity index (χ0v) is 8.91. The van der Waals surface area contributed by atoms with Crippen LogP contribution < -0.4 is 0 Å². The van der Waals surface area contributed by atoms with E-state index in [-0.39, 0.29) is 6.10 Å². The zero-order valence-electron chi connectivity index (χ0n) is 8.91. The van der Waals surface area contributed by atoms with Crippen LogP contribution in [0.4, 0.5) is 0 Å². The maximum atomic E-state index is 9.45. The molecular weight excluding hydrogens is 148 g/mol. The van der Waals surface area contributed by atoms with Crippen LogP contribution in [-0.4, -0.2) is 11.2 Å². The molecule has 0 saturated heterocycles. The molecule has 0 aliphatic heterocycles. The Kier molecular flexibility index (Phi) is 2.82. The highest BCUT2D eigenvalue weighted by Crippen LogP contribution is 2.55. The molecule has 0 amide bonds. The van der Waals surface area contributed by atoms with Gasteiger partial charge >= 0.3 is 0 Å². The summed E-state index contributed by atoms with van der Waals surface area (Å²) in [6, 6.07) is 0. The number of hydrogen-bond acceptors (Lipinski definition) is 1. The van der Waals surface area contributed by atoms with Crippen LogP contribution >= 0.6 is 0 Å². The van der Waals surface area contributed by atoms with Crippen LogP contribution in [0.1, 0.15) is 34.6 Å². The summed E-state index contributed by atoms with van der Waals surface area (Å²) in [7, 11) is 0. The van der Waals surface area contributed by atoms with Crippen molar-refractivity contribution in [1.29, 1.82) is 0 Å². The predicted molar refractivity (Wildman–Crippen MR) is 51.8 cm³/mol. The highest BCUT2D eigenvalue weighted by molar-refractivity contribution is 4.99. The Balaban J connectivity index is 2.47. The molecule has 1 aliphatic rings. The summed E-state index contributed by atoms with van der Waals surface area (Å²) in [5.74, 6) is 3.72. The molecule has 5 atom stereocenters. The fourth-order valence-electron chi connectivity index (χ4n) is 2.73. The fraction of sp³-hybridized carbons (Fsp3) is 1.00. The van der Waals surface area contributed by atoms with Gasteiger partial charge in [0, 0.05) is 0 Å². The van der Waals surface area contributed by atoms with Crippen molar-refractivity contribution in [2.75, 3.05) is 0 Å². The Morgan fingerprint density at radius 2 is 1.50 bits per heavy atom. The minimum atomic E-state index is -0.138. The molecule has 1 N–H and O–H groups in total. The smallest absolute Gasteiger partial charge is 0.0540 e. The van der Waals surface area contributed by atoms with Crippen LogP contribution in [-0.2, 0) is 0 Å². The van der Waals surface area contributed by atoms with Crippen LogP contribution in [0.5, 0.6) is 0 Å². The topological polar surface area (TPSA) is 20.2 Å². The van der Waals surface area contributed by atoms with Crippen LogP contribution in [0.2, 0.25) is 0 Å². The average Bonchev–Trinajstić information content (AvgIpc) is 2.59. The van der Waals surface area contributed by atoms with Gasteiger partial charge in [0.25, 0.3) is 0 Å². The Hall–Kier alpha value is -0.0400. The van der Waals surface area contributed by atoms with Crippen LogP contribution in [0.3, 0.4) is 0 Å². The lowest BCUT2D eigenvalue weighted by atomic mass is 9.95. The van der Waals surface area contributed by atoms with E-state index >= 15 is 0 Å². The first kappa shape index (κ1) is 10.0. The Bertz CT molecular complexity index is 141. The second-order valence-electron chi connectivity index (χ2n) is 4.86. The van der Waals surface area contributed by atoms with Crippen LogP contribution in [0.15, 0.2) is 0 Å². The molecule has 0 radical (unpaired) electrons. The maximum absolute atomic E-state index is 9.45. The molecular formula is C11H22O. The summed E-state index contributed by atoms with van der Waals surface area (Å²) in [4.78, 5) is 0. The van der Waals surface area contributed by atoms with Gasteiger partial charge < -0.3 is 5.11 Å². The van der Waals surface area contributed by atoms with E-state index in [1.807, 2.05) is 6.92 Å². The second-order valence-corrected chi connectivity index (χ2v) is 4.86. The molecule has 0 bridgehead atoms.